The van der Waals surface area contributed by atoms with E-state index in [9.17, 15) is 24.3 Å². The lowest BCUT2D eigenvalue weighted by molar-refractivity contribution is -0.142. The van der Waals surface area contributed by atoms with E-state index >= 15 is 0 Å². The van der Waals surface area contributed by atoms with Gasteiger partial charge >= 0.3 is 5.97 Å². The highest BCUT2D eigenvalue weighted by Crippen LogP contribution is 2.19. The summed E-state index contributed by atoms with van der Waals surface area (Å²) in [4.78, 5) is 60.5. The zero-order valence-corrected chi connectivity index (χ0v) is 22.0. The molecular formula is C25H33N7O5S. The summed E-state index contributed by atoms with van der Waals surface area (Å²) in [5, 5.41) is 17.9. The fourth-order valence-electron chi connectivity index (χ4n) is 3.97. The predicted octanol–water partition coefficient (Wildman–Crippen LogP) is 0.128. The minimum Gasteiger partial charge on any atom is -0.480 e. The lowest BCUT2D eigenvalue weighted by atomic mass is 10.0. The second-order valence-electron chi connectivity index (χ2n) is 9.32. The molecule has 0 aliphatic rings. The van der Waals surface area contributed by atoms with E-state index in [4.69, 9.17) is 5.73 Å². The Labute approximate surface area is 225 Å². The van der Waals surface area contributed by atoms with Crippen molar-refractivity contribution in [2.45, 2.75) is 50.9 Å². The molecule has 2 aromatic heterocycles. The number of H-pyrrole nitrogens is 2. The van der Waals surface area contributed by atoms with Gasteiger partial charge in [-0.05, 0) is 24.0 Å². The number of amides is 3. The summed E-state index contributed by atoms with van der Waals surface area (Å²) < 4.78 is 0. The zero-order valence-electron chi connectivity index (χ0n) is 21.1. The predicted molar refractivity (Wildman–Crippen MR) is 144 cm³/mol. The molecule has 13 heteroatoms. The largest absolute Gasteiger partial charge is 0.480 e. The number of aromatic amines is 2. The van der Waals surface area contributed by atoms with E-state index in [0.717, 1.165) is 16.5 Å². The number of benzene rings is 1. The van der Waals surface area contributed by atoms with Crippen LogP contribution in [0.3, 0.4) is 0 Å². The first-order chi connectivity index (χ1) is 18.1. The van der Waals surface area contributed by atoms with Crippen LogP contribution in [0, 0.1) is 5.92 Å². The third kappa shape index (κ3) is 7.35. The van der Waals surface area contributed by atoms with E-state index in [1.165, 1.54) is 12.5 Å². The molecule has 0 aliphatic carbocycles. The van der Waals surface area contributed by atoms with Crippen molar-refractivity contribution in [2.75, 3.05) is 5.75 Å². The third-order valence-electron chi connectivity index (χ3n) is 6.11. The van der Waals surface area contributed by atoms with E-state index in [1.807, 2.05) is 24.3 Å². The first-order valence-corrected chi connectivity index (χ1v) is 12.8. The SMILES string of the molecule is CC(C)C(NC(=O)C(Cc1cnc[nH]1)NC(=O)C(N)Cc1c[nH]c2ccccc12)C(=O)NC(CS)C(=O)O. The number of fused-ring (bicyclic) bond motifs is 1. The Morgan fingerprint density at radius 3 is 2.34 bits per heavy atom. The fraction of sp³-hybridized carbons (Fsp3) is 0.400. The van der Waals surface area contributed by atoms with Gasteiger partial charge in [0.2, 0.25) is 17.7 Å². The monoisotopic (exact) mass is 543 g/mol. The van der Waals surface area contributed by atoms with Gasteiger partial charge in [-0.15, -0.1) is 0 Å². The third-order valence-corrected chi connectivity index (χ3v) is 6.47. The number of aliphatic carboxylic acids is 1. The lowest BCUT2D eigenvalue weighted by Gasteiger charge is -2.26. The van der Waals surface area contributed by atoms with Gasteiger partial charge in [0.15, 0.2) is 0 Å². The van der Waals surface area contributed by atoms with Gasteiger partial charge < -0.3 is 36.8 Å². The summed E-state index contributed by atoms with van der Waals surface area (Å²) in [6.45, 7) is 3.42. The van der Waals surface area contributed by atoms with Crippen LogP contribution in [0.25, 0.3) is 10.9 Å². The van der Waals surface area contributed by atoms with Crippen molar-refractivity contribution in [3.63, 3.8) is 0 Å². The molecule has 8 N–H and O–H groups in total. The van der Waals surface area contributed by atoms with Crippen LogP contribution in [0.15, 0.2) is 43.0 Å². The maximum Gasteiger partial charge on any atom is 0.327 e. The quantitative estimate of drug-likeness (QED) is 0.140. The number of aromatic nitrogens is 3. The number of hydrogen-bond donors (Lipinski definition) is 8. The number of para-hydroxylation sites is 1. The minimum absolute atomic E-state index is 0.0677. The summed E-state index contributed by atoms with van der Waals surface area (Å²) in [6, 6.07) is 3.36. The number of nitrogens with one attached hydrogen (secondary N) is 5. The summed E-state index contributed by atoms with van der Waals surface area (Å²) >= 11 is 3.96. The molecule has 0 spiro atoms. The van der Waals surface area contributed by atoms with Crippen molar-refractivity contribution < 1.29 is 24.3 Å². The first kappa shape index (κ1) is 28.7. The van der Waals surface area contributed by atoms with Gasteiger partial charge in [0.05, 0.1) is 12.4 Å². The molecule has 3 amide bonds. The molecule has 12 nitrogen and oxygen atoms in total. The molecule has 3 rings (SSSR count). The first-order valence-electron chi connectivity index (χ1n) is 12.1. The van der Waals surface area contributed by atoms with Crippen LogP contribution in [0.2, 0.25) is 0 Å². The van der Waals surface area contributed by atoms with Crippen LogP contribution in [-0.4, -0.2) is 73.7 Å². The molecule has 0 radical (unpaired) electrons. The van der Waals surface area contributed by atoms with Gasteiger partial charge in [-0.2, -0.15) is 12.6 Å². The Balaban J connectivity index is 1.73. The standard InChI is InChI=1S/C25H33N7O5S/c1-13(2)21(24(35)31-20(11-38)25(36)37)32-23(34)19(8-15-10-27-12-29-15)30-22(33)17(26)7-14-9-28-18-6-4-3-5-16(14)18/h3-6,9-10,12-13,17,19-21,28,38H,7-8,11,26H2,1-2H3,(H,27,29)(H,30,33)(H,31,35)(H,32,34)(H,36,37). The summed E-state index contributed by atoms with van der Waals surface area (Å²) in [6.07, 6.45) is 5.08. The molecule has 0 bridgehead atoms. The molecule has 0 fully saturated rings. The molecular weight excluding hydrogens is 510 g/mol. The highest BCUT2D eigenvalue weighted by atomic mass is 32.1. The summed E-state index contributed by atoms with van der Waals surface area (Å²) in [5.74, 6) is -3.57. The van der Waals surface area contributed by atoms with Crippen molar-refractivity contribution >= 4 is 47.2 Å². The van der Waals surface area contributed by atoms with Crippen molar-refractivity contribution in [2.24, 2.45) is 11.7 Å². The van der Waals surface area contributed by atoms with E-state index < -0.39 is 47.9 Å². The summed E-state index contributed by atoms with van der Waals surface area (Å²) in [7, 11) is 0. The van der Waals surface area contributed by atoms with Gasteiger partial charge in [0, 0.05) is 41.2 Å². The van der Waals surface area contributed by atoms with Gasteiger partial charge in [0.25, 0.3) is 0 Å². The summed E-state index contributed by atoms with van der Waals surface area (Å²) in [5.41, 5.74) is 8.59. The van der Waals surface area contributed by atoms with Crippen molar-refractivity contribution in [1.29, 1.82) is 0 Å². The Morgan fingerprint density at radius 2 is 1.71 bits per heavy atom. The molecule has 3 aromatic rings. The maximum atomic E-state index is 13.3. The van der Waals surface area contributed by atoms with Crippen molar-refractivity contribution in [1.82, 2.24) is 30.9 Å². The Hall–Kier alpha value is -3.84. The van der Waals surface area contributed by atoms with Gasteiger partial charge in [-0.25, -0.2) is 9.78 Å². The van der Waals surface area contributed by atoms with E-state index in [2.05, 4.69) is 43.5 Å². The highest BCUT2D eigenvalue weighted by molar-refractivity contribution is 7.80. The number of nitrogens with two attached hydrogens (primary N) is 1. The molecule has 2 heterocycles. The van der Waals surface area contributed by atoms with Crippen LogP contribution >= 0.6 is 12.6 Å². The van der Waals surface area contributed by atoms with Crippen LogP contribution in [-0.2, 0) is 32.0 Å². The molecule has 4 unspecified atom stereocenters. The Bertz CT molecular complexity index is 1260. The highest BCUT2D eigenvalue weighted by Gasteiger charge is 2.32. The van der Waals surface area contributed by atoms with Gasteiger partial charge in [-0.3, -0.25) is 14.4 Å². The number of thiol groups is 1. The average molecular weight is 544 g/mol. The molecule has 4 atom stereocenters. The lowest BCUT2D eigenvalue weighted by Crippen LogP contribution is -2.59. The normalized spacial score (nSPS) is 14.4. The van der Waals surface area contributed by atoms with Crippen molar-refractivity contribution in [3.05, 3.63) is 54.2 Å². The Morgan fingerprint density at radius 1 is 1.00 bits per heavy atom. The number of hydrogen-bond acceptors (Lipinski definition) is 7. The second-order valence-corrected chi connectivity index (χ2v) is 9.69. The van der Waals surface area contributed by atoms with Crippen LogP contribution in [0.5, 0.6) is 0 Å². The van der Waals surface area contributed by atoms with E-state index in [-0.39, 0.29) is 24.5 Å². The average Bonchev–Trinajstić information content (AvgIpc) is 3.54. The van der Waals surface area contributed by atoms with E-state index in [0.29, 0.717) is 5.69 Å². The molecule has 38 heavy (non-hydrogen) atoms. The Kier molecular flexibility index (Phi) is 9.91. The van der Waals surface area contributed by atoms with Gasteiger partial charge in [-0.1, -0.05) is 32.0 Å². The zero-order chi connectivity index (χ0) is 27.8. The van der Waals surface area contributed by atoms with E-state index in [1.54, 1.807) is 20.0 Å². The smallest absolute Gasteiger partial charge is 0.327 e. The fourth-order valence-corrected chi connectivity index (χ4v) is 4.22. The number of nitrogens with zero attached hydrogens (tertiary/aromatic N) is 1. The van der Waals surface area contributed by atoms with Crippen LogP contribution in [0.1, 0.15) is 25.1 Å². The number of carbonyl (C=O) groups excluding carboxylic acids is 3. The molecule has 0 saturated heterocycles. The second kappa shape index (κ2) is 13.1. The van der Waals surface area contributed by atoms with Gasteiger partial charge in [0.1, 0.15) is 18.1 Å². The maximum absolute atomic E-state index is 13.3. The van der Waals surface area contributed by atoms with Crippen LogP contribution < -0.4 is 21.7 Å². The number of carboxylic acids is 1. The molecule has 0 saturated carbocycles. The number of carboxylic acid groups (broad SMARTS) is 1. The minimum atomic E-state index is -1.24. The molecule has 204 valence electrons. The number of imidazole rings is 1. The van der Waals surface area contributed by atoms with Crippen molar-refractivity contribution in [3.8, 4) is 0 Å². The number of carbonyl (C=O) groups is 4. The van der Waals surface area contributed by atoms with Crippen LogP contribution in [0.4, 0.5) is 0 Å². The topological polar surface area (TPSA) is 195 Å². The molecule has 1 aromatic carbocycles. The number of rotatable bonds is 13. The molecule has 0 aliphatic heterocycles.